The Morgan fingerprint density at radius 3 is 0.900 bits per heavy atom. The molecule has 706 valence electrons. The quantitative estimate of drug-likeness (QED) is 0.0121. The molecule has 2 aliphatic rings. The summed E-state index contributed by atoms with van der Waals surface area (Å²) in [5.74, 6) is -3.84. The second-order valence-corrected chi connectivity index (χ2v) is 36.7. The molecule has 0 bridgehead atoms. The number of ether oxygens (including phenoxy) is 7. The van der Waals surface area contributed by atoms with Crippen LogP contribution in [0.15, 0.2) is 0 Å². The zero-order valence-electron chi connectivity index (χ0n) is 77.0. The van der Waals surface area contributed by atoms with Crippen molar-refractivity contribution in [2.45, 2.75) is 564 Å². The summed E-state index contributed by atoms with van der Waals surface area (Å²) >= 11 is 0. The van der Waals surface area contributed by atoms with Crippen LogP contribution < -0.4 is 10.6 Å². The first kappa shape index (κ1) is 113. The maximum Gasteiger partial charge on any atom is 0.470 e. The van der Waals surface area contributed by atoms with Crippen LogP contribution in [0.25, 0.3) is 0 Å². The fraction of sp³-hybridized carbons (Fsp3) is 0.938. The molecule has 23 nitrogen and oxygen atoms in total. The molecule has 0 saturated carbocycles. The van der Waals surface area contributed by atoms with Gasteiger partial charge in [-0.3, -0.25) is 33.3 Å². The van der Waals surface area contributed by atoms with Crippen LogP contribution in [0.2, 0.25) is 0 Å². The van der Waals surface area contributed by atoms with Crippen LogP contribution in [0, 0.1) is 0 Å². The Labute approximate surface area is 729 Å². The van der Waals surface area contributed by atoms with E-state index in [9.17, 15) is 63.5 Å². The molecule has 0 aliphatic carbocycles. The number of nitrogens with one attached hydrogen (secondary N) is 2. The summed E-state index contributed by atoms with van der Waals surface area (Å²) in [7, 11) is -5.58. The standard InChI is InChI=1S/C96H181N2O21P/c1-7-13-19-25-31-37-39-40-42-48-54-59-65-70-85(102)113-78(67-61-55-49-43-33-27-21-15-9-3)73-83(100)97-89-92(107)91(106)82(116-95(89)108)77-112-96-90(98-84(101)74-79(68-62-56-50-44-34-28-22-16-10-4)114-86(103)71-64-58-52-46-36-30-24-18-12-6)94(93(81(76-99)117-96)119-120(109,110)111)118-88(105)75-80(69-63-57-51-45-35-29-23-17-11-5)115-87(104)72-66-60-53-47-41-38-32-26-20-14-8-2/h78-82,89-96,99,106-108H,7-77H2,1-6H3,(H,97,100)(H,98,101)(H2,109,110,111)/t78-,79-,80-,81?,82?,89?,90?,91-,92-,93-,94-,95?,96-/m1/s1. The van der Waals surface area contributed by atoms with Gasteiger partial charge in [0.1, 0.15) is 60.9 Å². The molecule has 0 spiro atoms. The van der Waals surface area contributed by atoms with E-state index in [1.807, 2.05) is 0 Å². The summed E-state index contributed by atoms with van der Waals surface area (Å²) in [6, 6.07) is -3.37. The molecule has 2 rings (SSSR count). The molecule has 0 radical (unpaired) electrons. The second-order valence-electron chi connectivity index (χ2n) is 35.5. The molecule has 5 unspecified atom stereocenters. The van der Waals surface area contributed by atoms with E-state index in [0.29, 0.717) is 51.4 Å². The van der Waals surface area contributed by atoms with Crippen molar-refractivity contribution in [3.63, 3.8) is 0 Å². The summed E-state index contributed by atoms with van der Waals surface area (Å²) in [4.78, 5) is 106. The molecule has 2 saturated heterocycles. The van der Waals surface area contributed by atoms with Crippen molar-refractivity contribution in [2.75, 3.05) is 13.2 Å². The van der Waals surface area contributed by atoms with E-state index in [1.165, 1.54) is 173 Å². The minimum atomic E-state index is -5.58. The average molecular weight is 1730 g/mol. The summed E-state index contributed by atoms with van der Waals surface area (Å²) in [5.41, 5.74) is 0. The van der Waals surface area contributed by atoms with Gasteiger partial charge in [-0.2, -0.15) is 0 Å². The number of phosphoric acid groups is 1. The van der Waals surface area contributed by atoms with Crippen LogP contribution in [0.3, 0.4) is 0 Å². The number of phosphoric ester groups is 1. The van der Waals surface area contributed by atoms with Gasteiger partial charge in [0.2, 0.25) is 11.8 Å². The molecule has 13 atom stereocenters. The van der Waals surface area contributed by atoms with Crippen LogP contribution in [0.1, 0.15) is 485 Å². The van der Waals surface area contributed by atoms with E-state index in [0.717, 1.165) is 173 Å². The van der Waals surface area contributed by atoms with Gasteiger partial charge >= 0.3 is 31.7 Å². The predicted molar refractivity (Wildman–Crippen MR) is 478 cm³/mol. The molecule has 24 heteroatoms. The number of unbranched alkanes of at least 4 members (excludes halogenated alkanes) is 54. The maximum absolute atomic E-state index is 15.0. The van der Waals surface area contributed by atoms with Gasteiger partial charge in [0.15, 0.2) is 18.7 Å². The smallest absolute Gasteiger partial charge is 0.462 e. The monoisotopic (exact) mass is 1730 g/mol. The highest BCUT2D eigenvalue weighted by molar-refractivity contribution is 7.46. The zero-order valence-corrected chi connectivity index (χ0v) is 77.9. The Bertz CT molecular complexity index is 2510. The first-order chi connectivity index (χ1) is 58.2. The van der Waals surface area contributed by atoms with E-state index in [2.05, 4.69) is 52.2 Å². The molecule has 0 aromatic carbocycles. The molecule has 120 heavy (non-hydrogen) atoms. The van der Waals surface area contributed by atoms with E-state index in [4.69, 9.17) is 37.7 Å². The number of hydrogen-bond acceptors (Lipinski definition) is 19. The molecular weight excluding hydrogens is 1550 g/mol. The molecule has 2 aliphatic heterocycles. The first-order valence-electron chi connectivity index (χ1n) is 49.9. The fourth-order valence-corrected chi connectivity index (χ4v) is 17.3. The van der Waals surface area contributed by atoms with Gasteiger partial charge in [-0.05, 0) is 57.8 Å². The SMILES string of the molecule is CCCCCCCCCCCCCCCC(=O)O[C@H](CCCCCCCCCCC)CC(=O)NC1C(O)OC(CO[C@@H]2OC(CO)[C@@H](OP(=O)(O)O)[C@H](OC(=O)C[C@@H](CCCCCCCCCCC)OC(=O)CCCCCCCCCCCCC)C2NC(=O)C[C@@H](CCCCCCCCCCC)OC(=O)CCCCCCCCCCC)[C@@H](O)[C@@H]1O. The number of aliphatic hydroxyl groups excluding tert-OH is 4. The lowest BCUT2D eigenvalue weighted by atomic mass is 9.95. The number of hydrogen-bond donors (Lipinski definition) is 8. The summed E-state index contributed by atoms with van der Waals surface area (Å²) in [5, 5.41) is 51.8. The Kier molecular flexibility index (Phi) is 72.2. The Morgan fingerprint density at radius 1 is 0.333 bits per heavy atom. The molecule has 2 heterocycles. The minimum absolute atomic E-state index is 0.124. The third-order valence-electron chi connectivity index (χ3n) is 24.1. The average Bonchev–Trinajstić information content (AvgIpc) is 0.777. The second kappa shape index (κ2) is 76.8. The fourth-order valence-electron chi connectivity index (χ4n) is 16.7. The Hall–Kier alpha value is -3.35. The Morgan fingerprint density at radius 2 is 0.608 bits per heavy atom. The Balaban J connectivity index is 2.56. The summed E-state index contributed by atoms with van der Waals surface area (Å²) < 4.78 is 61.4. The van der Waals surface area contributed by atoms with E-state index >= 15 is 0 Å². The molecule has 0 aromatic rings. The normalized spacial score (nSPS) is 20.2. The van der Waals surface area contributed by atoms with Crippen molar-refractivity contribution < 1.29 is 101 Å². The number of amides is 2. The van der Waals surface area contributed by atoms with Gasteiger partial charge in [0.05, 0.1) is 32.5 Å². The lowest BCUT2D eigenvalue weighted by molar-refractivity contribution is -0.297. The van der Waals surface area contributed by atoms with Crippen molar-refractivity contribution in [2.24, 2.45) is 0 Å². The molecule has 8 N–H and O–H groups in total. The van der Waals surface area contributed by atoms with Crippen LogP contribution >= 0.6 is 7.82 Å². The van der Waals surface area contributed by atoms with Crippen LogP contribution in [-0.4, -0.2) is 159 Å². The first-order valence-corrected chi connectivity index (χ1v) is 51.4. The van der Waals surface area contributed by atoms with E-state index in [1.54, 1.807) is 0 Å². The largest absolute Gasteiger partial charge is 0.470 e. The van der Waals surface area contributed by atoms with Crippen molar-refractivity contribution in [1.82, 2.24) is 10.6 Å². The molecule has 2 amide bonds. The van der Waals surface area contributed by atoms with E-state index < -0.39 is 149 Å². The van der Waals surface area contributed by atoms with Crippen LogP contribution in [-0.2, 0) is 71.0 Å². The maximum atomic E-state index is 15.0. The van der Waals surface area contributed by atoms with Gasteiger partial charge in [0.25, 0.3) is 0 Å². The van der Waals surface area contributed by atoms with Crippen molar-refractivity contribution in [1.29, 1.82) is 0 Å². The minimum Gasteiger partial charge on any atom is -0.462 e. The molecule has 0 aromatic heterocycles. The van der Waals surface area contributed by atoms with Crippen molar-refractivity contribution >= 4 is 43.5 Å². The van der Waals surface area contributed by atoms with Crippen LogP contribution in [0.4, 0.5) is 0 Å². The van der Waals surface area contributed by atoms with Crippen molar-refractivity contribution in [3.8, 4) is 0 Å². The number of aliphatic hydroxyl groups is 4. The summed E-state index contributed by atoms with van der Waals surface area (Å²) in [6.45, 7) is 11.4. The lowest BCUT2D eigenvalue weighted by Crippen LogP contribution is -2.67. The highest BCUT2D eigenvalue weighted by Crippen LogP contribution is 2.43. The third-order valence-corrected chi connectivity index (χ3v) is 24.6. The van der Waals surface area contributed by atoms with Crippen LogP contribution in [0.5, 0.6) is 0 Å². The highest BCUT2D eigenvalue weighted by atomic mass is 31.2. The number of rotatable bonds is 84. The number of carbonyl (C=O) groups is 6. The number of carbonyl (C=O) groups excluding carboxylic acids is 6. The van der Waals surface area contributed by atoms with Gasteiger partial charge in [0, 0.05) is 19.3 Å². The van der Waals surface area contributed by atoms with Crippen molar-refractivity contribution in [3.05, 3.63) is 0 Å². The van der Waals surface area contributed by atoms with E-state index in [-0.39, 0.29) is 32.1 Å². The predicted octanol–water partition coefficient (Wildman–Crippen LogP) is 22.3. The molecular formula is C96H181N2O21P. The van der Waals surface area contributed by atoms with Gasteiger partial charge in [-0.1, -0.05) is 388 Å². The van der Waals surface area contributed by atoms with Gasteiger partial charge in [-0.25, -0.2) is 4.57 Å². The third kappa shape index (κ3) is 60.3. The zero-order chi connectivity index (χ0) is 87.7. The molecule has 2 fully saturated rings. The lowest BCUT2D eigenvalue weighted by Gasteiger charge is -2.46. The van der Waals surface area contributed by atoms with Gasteiger partial charge < -0.3 is 74.0 Å². The van der Waals surface area contributed by atoms with Gasteiger partial charge in [-0.15, -0.1) is 0 Å². The number of esters is 4. The topological polar surface area (TPSA) is 339 Å². The summed E-state index contributed by atoms with van der Waals surface area (Å²) in [6.07, 6.45) is 46.8. The highest BCUT2D eigenvalue weighted by Gasteiger charge is 2.53.